The molecule has 0 saturated carbocycles. The molecule has 0 radical (unpaired) electrons. The number of rotatable bonds is 5. The number of anilines is 1. The number of hydrogen-bond donors (Lipinski definition) is 1. The third kappa shape index (κ3) is 4.94. The van der Waals surface area contributed by atoms with E-state index in [0.717, 1.165) is 6.26 Å². The maximum atomic E-state index is 15.6. The van der Waals surface area contributed by atoms with Gasteiger partial charge in [-0.2, -0.15) is 0 Å². The Labute approximate surface area is 245 Å². The molecule has 0 fully saturated rings. The van der Waals surface area contributed by atoms with Gasteiger partial charge in [0, 0.05) is 22.3 Å². The fourth-order valence-electron chi connectivity index (χ4n) is 6.30. The van der Waals surface area contributed by atoms with Crippen LogP contribution in [0.4, 0.5) is 14.5 Å². The summed E-state index contributed by atoms with van der Waals surface area (Å²) >= 11 is 0. The lowest BCUT2D eigenvalue weighted by molar-refractivity contribution is -0.160. The summed E-state index contributed by atoms with van der Waals surface area (Å²) in [7, 11) is -3.89. The van der Waals surface area contributed by atoms with Crippen LogP contribution in [-0.4, -0.2) is 38.0 Å². The highest BCUT2D eigenvalue weighted by Crippen LogP contribution is 2.53. The van der Waals surface area contributed by atoms with Crippen molar-refractivity contribution in [1.82, 2.24) is 0 Å². The number of benzene rings is 3. The molecule has 7 nitrogen and oxygen atoms in total. The Balaban J connectivity index is 2.00. The molecule has 1 atom stereocenters. The van der Waals surface area contributed by atoms with Crippen LogP contribution in [0.25, 0.3) is 22.3 Å². The monoisotopic (exact) mass is 599 g/mol. The smallest absolute Gasteiger partial charge is 0.337 e. The van der Waals surface area contributed by atoms with E-state index < -0.39 is 39.3 Å². The highest BCUT2D eigenvalue weighted by Gasteiger charge is 2.40. The van der Waals surface area contributed by atoms with Gasteiger partial charge in [0.05, 0.1) is 30.7 Å². The van der Waals surface area contributed by atoms with E-state index in [-0.39, 0.29) is 29.1 Å². The van der Waals surface area contributed by atoms with Crippen molar-refractivity contribution < 1.29 is 36.6 Å². The molecule has 0 aliphatic carbocycles. The molecule has 10 heteroatoms. The van der Waals surface area contributed by atoms with Crippen molar-refractivity contribution in [3.8, 4) is 28.0 Å². The minimum absolute atomic E-state index is 0.125. The van der Waals surface area contributed by atoms with Crippen molar-refractivity contribution in [2.75, 3.05) is 17.2 Å². The fourth-order valence-corrected chi connectivity index (χ4v) is 7.23. The molecule has 2 aliphatic rings. The second-order valence-corrected chi connectivity index (χ2v) is 14.0. The van der Waals surface area contributed by atoms with Gasteiger partial charge in [0.25, 0.3) is 0 Å². The summed E-state index contributed by atoms with van der Waals surface area (Å²) < 4.78 is 70.6. The fraction of sp³-hybridized carbons (Fsp3) is 0.406. The van der Waals surface area contributed by atoms with Crippen LogP contribution in [0.5, 0.6) is 5.75 Å². The molecule has 5 rings (SSSR count). The third-order valence-electron chi connectivity index (χ3n) is 7.99. The number of carboxylic acids is 1. The van der Waals surface area contributed by atoms with Gasteiger partial charge in [-0.1, -0.05) is 12.1 Å². The van der Waals surface area contributed by atoms with Crippen molar-refractivity contribution in [2.45, 2.75) is 72.6 Å². The van der Waals surface area contributed by atoms with Gasteiger partial charge in [0.1, 0.15) is 5.82 Å². The Hall–Kier alpha value is -3.50. The number of carbonyl (C=O) groups is 1. The van der Waals surface area contributed by atoms with Gasteiger partial charge in [0.15, 0.2) is 17.7 Å². The minimum Gasteiger partial charge on any atom is -0.490 e. The van der Waals surface area contributed by atoms with Gasteiger partial charge < -0.3 is 14.6 Å². The predicted octanol–water partition coefficient (Wildman–Crippen LogP) is 6.77. The molecule has 0 saturated heterocycles. The summed E-state index contributed by atoms with van der Waals surface area (Å²) in [6.45, 7) is 10.6. The van der Waals surface area contributed by atoms with Crippen LogP contribution in [0.15, 0.2) is 24.3 Å². The van der Waals surface area contributed by atoms with E-state index in [0.29, 0.717) is 64.0 Å². The van der Waals surface area contributed by atoms with Gasteiger partial charge in [-0.15, -0.1) is 0 Å². The zero-order valence-corrected chi connectivity index (χ0v) is 25.6. The first kappa shape index (κ1) is 30.0. The van der Waals surface area contributed by atoms with Crippen LogP contribution < -0.4 is 9.04 Å². The predicted molar refractivity (Wildman–Crippen MR) is 157 cm³/mol. The third-order valence-corrected chi connectivity index (χ3v) is 9.10. The summed E-state index contributed by atoms with van der Waals surface area (Å²) in [5, 5.41) is 10.5. The van der Waals surface area contributed by atoms with Gasteiger partial charge in [0.2, 0.25) is 10.0 Å². The first-order chi connectivity index (χ1) is 19.5. The van der Waals surface area contributed by atoms with E-state index in [2.05, 4.69) is 0 Å². The van der Waals surface area contributed by atoms with E-state index in [1.54, 1.807) is 40.7 Å². The topological polar surface area (TPSA) is 93.1 Å². The van der Waals surface area contributed by atoms with Crippen LogP contribution in [0.2, 0.25) is 0 Å². The largest absolute Gasteiger partial charge is 0.490 e. The minimum atomic E-state index is -3.89. The standard InChI is InChI=1S/C32H35F2NO6S/c1-16-20-11-9-13-40-29(20)23(34)14-21(16)24-17(2)25-27-19(10-8-12-22(27)33)15-35(42(7,38)39)28(25)18(3)26(24)30(31(36)37)41-32(4,5)6/h8,10,12,14,30H,9,11,13,15H2,1-7H3,(H,36,37)/t30-/m0/s1. The molecule has 0 spiro atoms. The number of aliphatic carboxylic acids is 1. The molecule has 0 amide bonds. The average molecular weight is 600 g/mol. The molecule has 2 heterocycles. The summed E-state index contributed by atoms with van der Waals surface area (Å²) in [6, 6.07) is 5.83. The Bertz CT molecular complexity index is 1740. The van der Waals surface area contributed by atoms with E-state index in [9.17, 15) is 18.3 Å². The zero-order chi connectivity index (χ0) is 30.9. The number of carboxylic acid groups (broad SMARTS) is 1. The molecular formula is C32H35F2NO6S. The van der Waals surface area contributed by atoms with E-state index >= 15 is 8.78 Å². The summed E-state index contributed by atoms with van der Waals surface area (Å²) in [4.78, 5) is 12.9. The SMILES string of the molecule is Cc1c(-c2c(C)c3c(c(C)c2[C@H](OC(C)(C)C)C(=O)O)N(S(C)(=O)=O)Cc2cccc(F)c2-3)cc(F)c2c1CCCO2. The summed E-state index contributed by atoms with van der Waals surface area (Å²) in [5.41, 5.74) is 3.43. The van der Waals surface area contributed by atoms with Crippen LogP contribution >= 0.6 is 0 Å². The van der Waals surface area contributed by atoms with E-state index in [4.69, 9.17) is 9.47 Å². The number of halogens is 2. The molecule has 0 bridgehead atoms. The highest BCUT2D eigenvalue weighted by molar-refractivity contribution is 7.92. The maximum Gasteiger partial charge on any atom is 0.337 e. The number of ether oxygens (including phenoxy) is 2. The lowest BCUT2D eigenvalue weighted by atomic mass is 9.78. The first-order valence-electron chi connectivity index (χ1n) is 13.8. The van der Waals surface area contributed by atoms with Gasteiger partial charge in [-0.05, 0) is 99.9 Å². The Morgan fingerprint density at radius 2 is 1.74 bits per heavy atom. The lowest BCUT2D eigenvalue weighted by Gasteiger charge is -2.37. The Kier molecular flexibility index (Phi) is 7.38. The van der Waals surface area contributed by atoms with Gasteiger partial charge in [-0.3, -0.25) is 4.31 Å². The van der Waals surface area contributed by atoms with Crippen molar-refractivity contribution in [3.05, 3.63) is 69.3 Å². The van der Waals surface area contributed by atoms with Crippen molar-refractivity contribution in [1.29, 1.82) is 0 Å². The van der Waals surface area contributed by atoms with E-state index in [1.165, 1.54) is 22.5 Å². The van der Waals surface area contributed by atoms with Crippen LogP contribution in [0.3, 0.4) is 0 Å². The first-order valence-corrected chi connectivity index (χ1v) is 15.7. The molecule has 42 heavy (non-hydrogen) atoms. The maximum absolute atomic E-state index is 15.6. The number of sulfonamides is 1. The quantitative estimate of drug-likeness (QED) is 0.348. The lowest BCUT2D eigenvalue weighted by Crippen LogP contribution is -2.35. The Morgan fingerprint density at radius 1 is 1.05 bits per heavy atom. The van der Waals surface area contributed by atoms with Gasteiger partial charge >= 0.3 is 5.97 Å². The number of nitrogens with zero attached hydrogens (tertiary/aromatic N) is 1. The molecule has 1 N–H and O–H groups in total. The summed E-state index contributed by atoms with van der Waals surface area (Å²) in [6.07, 6.45) is 0.789. The number of fused-ring (bicyclic) bond motifs is 4. The van der Waals surface area contributed by atoms with Gasteiger partial charge in [-0.25, -0.2) is 22.0 Å². The van der Waals surface area contributed by atoms with Crippen molar-refractivity contribution in [2.24, 2.45) is 0 Å². The molecule has 0 aromatic heterocycles. The molecule has 224 valence electrons. The van der Waals surface area contributed by atoms with Crippen LogP contribution in [0.1, 0.15) is 66.7 Å². The zero-order valence-electron chi connectivity index (χ0n) is 24.8. The van der Waals surface area contributed by atoms with Crippen molar-refractivity contribution >= 4 is 21.7 Å². The molecule has 3 aromatic rings. The molecule has 2 aliphatic heterocycles. The highest BCUT2D eigenvalue weighted by atomic mass is 32.2. The second kappa shape index (κ2) is 10.3. The second-order valence-electron chi connectivity index (χ2n) is 12.0. The van der Waals surface area contributed by atoms with Crippen LogP contribution in [0, 0.1) is 32.4 Å². The molecular weight excluding hydrogens is 564 g/mol. The van der Waals surface area contributed by atoms with E-state index in [1.807, 2.05) is 6.92 Å². The number of hydrogen-bond acceptors (Lipinski definition) is 5. The normalized spacial score (nSPS) is 15.4. The Morgan fingerprint density at radius 3 is 2.36 bits per heavy atom. The molecule has 0 unspecified atom stereocenters. The van der Waals surface area contributed by atoms with Crippen LogP contribution in [-0.2, 0) is 32.5 Å². The average Bonchev–Trinajstić information content (AvgIpc) is 2.89. The summed E-state index contributed by atoms with van der Waals surface area (Å²) in [5.74, 6) is -2.23. The van der Waals surface area contributed by atoms with Crippen molar-refractivity contribution in [3.63, 3.8) is 0 Å². The molecule has 3 aromatic carbocycles.